The van der Waals surface area contributed by atoms with Gasteiger partial charge in [-0.15, -0.1) is 0 Å². The highest BCUT2D eigenvalue weighted by atomic mass is 32.2. The van der Waals surface area contributed by atoms with E-state index in [1.807, 2.05) is 0 Å². The molecular weight excluding hydrogens is 280 g/mol. The van der Waals surface area contributed by atoms with Crippen molar-refractivity contribution in [2.24, 2.45) is 5.41 Å². The highest BCUT2D eigenvalue weighted by molar-refractivity contribution is 7.90. The first-order valence-corrected chi connectivity index (χ1v) is 7.94. The molecule has 0 unspecified atom stereocenters. The van der Waals surface area contributed by atoms with Crippen LogP contribution in [0, 0.1) is 5.41 Å². The lowest BCUT2D eigenvalue weighted by atomic mass is 9.95. The number of nitrogen functional groups attached to an aromatic ring is 1. The third-order valence-electron chi connectivity index (χ3n) is 2.77. The Morgan fingerprint density at radius 3 is 2.45 bits per heavy atom. The molecule has 0 aromatic heterocycles. The fourth-order valence-corrected chi connectivity index (χ4v) is 2.14. The molecule has 0 aliphatic heterocycles. The first-order valence-electron chi connectivity index (χ1n) is 6.05. The van der Waals surface area contributed by atoms with Crippen molar-refractivity contribution in [2.45, 2.75) is 18.7 Å². The number of carbonyl (C=O) groups excluding carboxylic acids is 1. The summed E-state index contributed by atoms with van der Waals surface area (Å²) in [6.45, 7) is 3.80. The largest absolute Gasteiger partial charge is 0.399 e. The van der Waals surface area contributed by atoms with E-state index in [0.29, 0.717) is 0 Å². The maximum atomic E-state index is 12.0. The fraction of sp³-hybridized carbons (Fsp3) is 0.462. The Bertz CT molecular complexity index is 609. The molecule has 0 aliphatic carbocycles. The zero-order chi connectivity index (χ0) is 15.6. The van der Waals surface area contributed by atoms with E-state index >= 15 is 0 Å². The van der Waals surface area contributed by atoms with E-state index in [1.165, 1.54) is 18.2 Å². The third-order valence-corrected chi connectivity index (χ3v) is 3.87. The molecule has 112 valence electrons. The van der Waals surface area contributed by atoms with Gasteiger partial charge < -0.3 is 16.2 Å². The predicted octanol–water partition coefficient (Wildman–Crippen LogP) is 0.421. The van der Waals surface area contributed by atoms with Crippen LogP contribution in [0.5, 0.6) is 0 Å². The first kappa shape index (κ1) is 16.5. The number of carbonyl (C=O) groups is 1. The van der Waals surface area contributed by atoms with Gasteiger partial charge in [0.1, 0.15) is 0 Å². The highest BCUT2D eigenvalue weighted by Gasteiger charge is 2.19. The standard InChI is InChI=1S/C13H20N2O4S/c1-13(2,8-16)7-15-12(17)9-4-10(14)6-11(5-9)20(3,18)19/h4-6,16H,7-8,14H2,1-3H3,(H,15,17). The second-order valence-electron chi connectivity index (χ2n) is 5.57. The van der Waals surface area contributed by atoms with Crippen LogP contribution in [0.15, 0.2) is 23.1 Å². The highest BCUT2D eigenvalue weighted by Crippen LogP contribution is 2.17. The molecule has 1 amide bonds. The molecule has 0 aliphatic rings. The summed E-state index contributed by atoms with van der Waals surface area (Å²) < 4.78 is 23.0. The van der Waals surface area contributed by atoms with E-state index in [1.54, 1.807) is 13.8 Å². The number of aliphatic hydroxyl groups is 1. The summed E-state index contributed by atoms with van der Waals surface area (Å²) in [4.78, 5) is 12.0. The number of aliphatic hydroxyl groups excluding tert-OH is 1. The van der Waals surface area contributed by atoms with Crippen LogP contribution in [0.4, 0.5) is 5.69 Å². The second-order valence-corrected chi connectivity index (χ2v) is 7.58. The quantitative estimate of drug-likeness (QED) is 0.683. The number of hydrogen-bond acceptors (Lipinski definition) is 5. The maximum absolute atomic E-state index is 12.0. The first-order chi connectivity index (χ1) is 9.05. The van der Waals surface area contributed by atoms with Gasteiger partial charge in [0.05, 0.1) is 4.90 Å². The molecule has 1 aromatic rings. The zero-order valence-electron chi connectivity index (χ0n) is 11.8. The van der Waals surface area contributed by atoms with E-state index in [9.17, 15) is 13.2 Å². The fourth-order valence-electron chi connectivity index (χ4n) is 1.44. The van der Waals surface area contributed by atoms with Crippen molar-refractivity contribution in [1.82, 2.24) is 5.32 Å². The van der Waals surface area contributed by atoms with Crippen LogP contribution < -0.4 is 11.1 Å². The Labute approximate surface area is 118 Å². The van der Waals surface area contributed by atoms with Crippen molar-refractivity contribution in [1.29, 1.82) is 0 Å². The van der Waals surface area contributed by atoms with Crippen LogP contribution in [-0.4, -0.2) is 38.8 Å². The molecule has 0 fully saturated rings. The second kappa shape index (κ2) is 5.80. The molecule has 0 atom stereocenters. The van der Waals surface area contributed by atoms with Crippen LogP contribution in [-0.2, 0) is 9.84 Å². The number of anilines is 1. The molecule has 0 spiro atoms. The summed E-state index contributed by atoms with van der Waals surface area (Å²) in [5.74, 6) is -0.427. The topological polar surface area (TPSA) is 109 Å². The van der Waals surface area contributed by atoms with Crippen molar-refractivity contribution in [3.63, 3.8) is 0 Å². The number of amides is 1. The molecule has 0 heterocycles. The molecule has 6 nitrogen and oxygen atoms in total. The van der Waals surface area contributed by atoms with Gasteiger partial charge in [0, 0.05) is 36.1 Å². The minimum Gasteiger partial charge on any atom is -0.399 e. The van der Waals surface area contributed by atoms with Gasteiger partial charge in [0.25, 0.3) is 5.91 Å². The predicted molar refractivity (Wildman–Crippen MR) is 77.2 cm³/mol. The monoisotopic (exact) mass is 300 g/mol. The minimum atomic E-state index is -3.43. The molecule has 0 bridgehead atoms. The van der Waals surface area contributed by atoms with Gasteiger partial charge in [-0.25, -0.2) is 8.42 Å². The van der Waals surface area contributed by atoms with Gasteiger partial charge in [-0.3, -0.25) is 4.79 Å². The van der Waals surface area contributed by atoms with Gasteiger partial charge >= 0.3 is 0 Å². The molecule has 1 rings (SSSR count). The van der Waals surface area contributed by atoms with Crippen molar-refractivity contribution in [3.05, 3.63) is 23.8 Å². The van der Waals surface area contributed by atoms with Crippen molar-refractivity contribution in [2.75, 3.05) is 25.1 Å². The molecule has 1 aromatic carbocycles. The number of rotatable bonds is 5. The van der Waals surface area contributed by atoms with Crippen LogP contribution >= 0.6 is 0 Å². The summed E-state index contributed by atoms with van der Waals surface area (Å²) in [5.41, 5.74) is 5.56. The number of nitrogens with one attached hydrogen (secondary N) is 1. The molecule has 20 heavy (non-hydrogen) atoms. The molecule has 4 N–H and O–H groups in total. The molecule has 0 radical (unpaired) electrons. The third kappa shape index (κ3) is 4.50. The Morgan fingerprint density at radius 1 is 1.35 bits per heavy atom. The number of benzene rings is 1. The van der Waals surface area contributed by atoms with Crippen molar-refractivity contribution >= 4 is 21.4 Å². The van der Waals surface area contributed by atoms with E-state index in [2.05, 4.69) is 5.32 Å². The summed E-state index contributed by atoms with van der Waals surface area (Å²) in [5, 5.41) is 11.8. The average molecular weight is 300 g/mol. The smallest absolute Gasteiger partial charge is 0.251 e. The van der Waals surface area contributed by atoms with E-state index in [-0.39, 0.29) is 29.3 Å². The van der Waals surface area contributed by atoms with Crippen LogP contribution in [0.2, 0.25) is 0 Å². The van der Waals surface area contributed by atoms with Crippen LogP contribution in [0.25, 0.3) is 0 Å². The molecular formula is C13H20N2O4S. The van der Waals surface area contributed by atoms with E-state index < -0.39 is 21.2 Å². The van der Waals surface area contributed by atoms with Crippen LogP contribution in [0.3, 0.4) is 0 Å². The maximum Gasteiger partial charge on any atom is 0.251 e. The van der Waals surface area contributed by atoms with E-state index in [0.717, 1.165) is 6.26 Å². The van der Waals surface area contributed by atoms with Crippen molar-refractivity contribution in [3.8, 4) is 0 Å². The van der Waals surface area contributed by atoms with Crippen LogP contribution in [0.1, 0.15) is 24.2 Å². The zero-order valence-corrected chi connectivity index (χ0v) is 12.6. The van der Waals surface area contributed by atoms with Gasteiger partial charge in [-0.1, -0.05) is 13.8 Å². The number of nitrogens with two attached hydrogens (primary N) is 1. The minimum absolute atomic E-state index is 0.00377. The Morgan fingerprint density at radius 2 is 1.95 bits per heavy atom. The summed E-state index contributed by atoms with van der Waals surface area (Å²) in [7, 11) is -3.43. The Kier molecular flexibility index (Phi) is 4.77. The molecule has 7 heteroatoms. The van der Waals surface area contributed by atoms with Crippen molar-refractivity contribution < 1.29 is 18.3 Å². The Hall–Kier alpha value is -1.60. The van der Waals surface area contributed by atoms with Gasteiger partial charge in [0.2, 0.25) is 0 Å². The number of hydrogen-bond donors (Lipinski definition) is 3. The summed E-state index contributed by atoms with van der Waals surface area (Å²) in [6.07, 6.45) is 1.05. The Balaban J connectivity index is 2.97. The average Bonchev–Trinajstić information content (AvgIpc) is 2.34. The molecule has 0 saturated heterocycles. The van der Waals surface area contributed by atoms with E-state index in [4.69, 9.17) is 10.8 Å². The summed E-state index contributed by atoms with van der Waals surface area (Å²) >= 11 is 0. The molecule has 0 saturated carbocycles. The normalized spacial score (nSPS) is 12.2. The van der Waals surface area contributed by atoms with Gasteiger partial charge in [0.15, 0.2) is 9.84 Å². The summed E-state index contributed by atoms with van der Waals surface area (Å²) in [6, 6.07) is 4.01. The lowest BCUT2D eigenvalue weighted by molar-refractivity contribution is 0.0911. The van der Waals surface area contributed by atoms with Gasteiger partial charge in [-0.2, -0.15) is 0 Å². The lowest BCUT2D eigenvalue weighted by Gasteiger charge is -2.21. The SMILES string of the molecule is CC(C)(CO)CNC(=O)c1cc(N)cc(S(C)(=O)=O)c1. The van der Waals surface area contributed by atoms with Gasteiger partial charge in [-0.05, 0) is 18.2 Å². The number of sulfone groups is 1. The lowest BCUT2D eigenvalue weighted by Crippen LogP contribution is -2.36.